The Labute approximate surface area is 172 Å². The van der Waals surface area contributed by atoms with Gasteiger partial charge in [-0.25, -0.2) is 0 Å². The Kier molecular flexibility index (Phi) is 5.64. The standard InChI is InChI=1S/C20H20ClN3O3S/c1-12(25)24-9-8-15-16(10-22)18(28-17(15)11-24)23-19(26)20(2,3)27-14-6-4-13(21)5-7-14/h4-7H,8-9,11H2,1-3H3,(H,23,26). The van der Waals surface area contributed by atoms with Gasteiger partial charge in [-0.15, -0.1) is 11.3 Å². The highest BCUT2D eigenvalue weighted by Crippen LogP contribution is 2.37. The first-order valence-electron chi connectivity index (χ1n) is 8.77. The molecule has 0 unspecified atom stereocenters. The molecule has 0 aliphatic carbocycles. The molecule has 0 fully saturated rings. The SMILES string of the molecule is CC(=O)N1CCc2c(sc(NC(=O)C(C)(C)Oc3ccc(Cl)cc3)c2C#N)C1. The van der Waals surface area contributed by atoms with Gasteiger partial charge in [0.1, 0.15) is 16.8 Å². The molecule has 1 aliphatic heterocycles. The second-order valence-corrected chi connectivity index (χ2v) is 8.57. The summed E-state index contributed by atoms with van der Waals surface area (Å²) in [7, 11) is 0. The van der Waals surface area contributed by atoms with Gasteiger partial charge in [-0.3, -0.25) is 9.59 Å². The van der Waals surface area contributed by atoms with E-state index in [9.17, 15) is 14.9 Å². The maximum absolute atomic E-state index is 12.8. The molecule has 146 valence electrons. The zero-order chi connectivity index (χ0) is 20.5. The number of nitriles is 1. The van der Waals surface area contributed by atoms with Gasteiger partial charge in [0.25, 0.3) is 5.91 Å². The minimum Gasteiger partial charge on any atom is -0.478 e. The number of nitrogens with zero attached hydrogens (tertiary/aromatic N) is 2. The predicted molar refractivity (Wildman–Crippen MR) is 109 cm³/mol. The summed E-state index contributed by atoms with van der Waals surface area (Å²) in [6.45, 7) is 5.89. The summed E-state index contributed by atoms with van der Waals surface area (Å²) in [4.78, 5) is 27.1. The van der Waals surface area contributed by atoms with E-state index < -0.39 is 5.60 Å². The first kappa shape index (κ1) is 20.2. The maximum Gasteiger partial charge on any atom is 0.268 e. The number of hydrogen-bond acceptors (Lipinski definition) is 5. The number of amides is 2. The Morgan fingerprint density at radius 1 is 1.32 bits per heavy atom. The second-order valence-electron chi connectivity index (χ2n) is 7.03. The molecule has 1 aromatic heterocycles. The molecule has 0 bridgehead atoms. The van der Waals surface area contributed by atoms with E-state index in [1.807, 2.05) is 0 Å². The number of benzene rings is 1. The molecule has 0 saturated heterocycles. The average molecular weight is 418 g/mol. The van der Waals surface area contributed by atoms with Crippen LogP contribution in [-0.4, -0.2) is 28.9 Å². The van der Waals surface area contributed by atoms with Crippen LogP contribution in [0.5, 0.6) is 5.75 Å². The van der Waals surface area contributed by atoms with Gasteiger partial charge in [0, 0.05) is 23.4 Å². The van der Waals surface area contributed by atoms with Crippen LogP contribution in [0.1, 0.15) is 36.8 Å². The van der Waals surface area contributed by atoms with E-state index >= 15 is 0 Å². The van der Waals surface area contributed by atoms with Crippen molar-refractivity contribution in [2.75, 3.05) is 11.9 Å². The highest BCUT2D eigenvalue weighted by molar-refractivity contribution is 7.16. The zero-order valence-corrected chi connectivity index (χ0v) is 17.4. The fraction of sp³-hybridized carbons (Fsp3) is 0.350. The van der Waals surface area contributed by atoms with E-state index in [4.69, 9.17) is 16.3 Å². The summed E-state index contributed by atoms with van der Waals surface area (Å²) < 4.78 is 5.81. The third-order valence-electron chi connectivity index (χ3n) is 4.57. The number of nitrogens with one attached hydrogen (secondary N) is 1. The van der Waals surface area contributed by atoms with E-state index in [1.165, 1.54) is 18.3 Å². The highest BCUT2D eigenvalue weighted by atomic mass is 35.5. The summed E-state index contributed by atoms with van der Waals surface area (Å²) in [5.74, 6) is 0.161. The Hall–Kier alpha value is -2.56. The van der Waals surface area contributed by atoms with E-state index in [-0.39, 0.29) is 11.8 Å². The smallest absolute Gasteiger partial charge is 0.268 e. The lowest BCUT2D eigenvalue weighted by atomic mass is 10.0. The normalized spacial score (nSPS) is 13.5. The first-order valence-corrected chi connectivity index (χ1v) is 9.97. The predicted octanol–water partition coefficient (Wildman–Crippen LogP) is 3.97. The Morgan fingerprint density at radius 2 is 2.00 bits per heavy atom. The van der Waals surface area contributed by atoms with Gasteiger partial charge in [0.05, 0.1) is 12.1 Å². The molecular formula is C20H20ClN3O3S. The fourth-order valence-corrected chi connectivity index (χ4v) is 4.31. The van der Waals surface area contributed by atoms with Crippen LogP contribution in [0, 0.1) is 11.3 Å². The number of hydrogen-bond donors (Lipinski definition) is 1. The fourth-order valence-electron chi connectivity index (χ4n) is 2.98. The number of anilines is 1. The minimum atomic E-state index is -1.16. The monoisotopic (exact) mass is 417 g/mol. The summed E-state index contributed by atoms with van der Waals surface area (Å²) >= 11 is 7.22. The van der Waals surface area contributed by atoms with E-state index in [0.717, 1.165) is 10.4 Å². The molecule has 2 heterocycles. The van der Waals surface area contributed by atoms with Crippen molar-refractivity contribution in [1.82, 2.24) is 4.90 Å². The molecule has 1 aromatic carbocycles. The number of thiophene rings is 1. The molecule has 1 aliphatic rings. The van der Waals surface area contributed by atoms with E-state index in [1.54, 1.807) is 43.0 Å². The lowest BCUT2D eigenvalue weighted by molar-refractivity contribution is -0.129. The van der Waals surface area contributed by atoms with Crippen LogP contribution >= 0.6 is 22.9 Å². The number of fused-ring (bicyclic) bond motifs is 1. The van der Waals surface area contributed by atoms with Gasteiger partial charge in [-0.1, -0.05) is 11.6 Å². The second kappa shape index (κ2) is 7.82. The Morgan fingerprint density at radius 3 is 2.61 bits per heavy atom. The van der Waals surface area contributed by atoms with Crippen LogP contribution in [0.15, 0.2) is 24.3 Å². The van der Waals surface area contributed by atoms with Crippen molar-refractivity contribution in [2.24, 2.45) is 0 Å². The molecule has 0 atom stereocenters. The van der Waals surface area contributed by atoms with E-state index in [0.29, 0.717) is 40.8 Å². The molecular weight excluding hydrogens is 398 g/mol. The third-order valence-corrected chi connectivity index (χ3v) is 5.96. The maximum atomic E-state index is 12.8. The molecule has 0 radical (unpaired) electrons. The minimum absolute atomic E-state index is 0.000594. The first-order chi connectivity index (χ1) is 13.2. The molecule has 28 heavy (non-hydrogen) atoms. The third kappa shape index (κ3) is 4.13. The van der Waals surface area contributed by atoms with Crippen molar-refractivity contribution in [3.05, 3.63) is 45.3 Å². The zero-order valence-electron chi connectivity index (χ0n) is 15.8. The summed E-state index contributed by atoms with van der Waals surface area (Å²) in [5.41, 5.74) is 0.229. The number of ether oxygens (including phenoxy) is 1. The van der Waals surface area contributed by atoms with Crippen molar-refractivity contribution in [2.45, 2.75) is 39.3 Å². The van der Waals surface area contributed by atoms with Gasteiger partial charge in [0.15, 0.2) is 5.60 Å². The molecule has 3 rings (SSSR count). The number of halogens is 1. The van der Waals surface area contributed by atoms with Crippen LogP contribution in [0.25, 0.3) is 0 Å². The quantitative estimate of drug-likeness (QED) is 0.815. The van der Waals surface area contributed by atoms with Crippen molar-refractivity contribution in [3.63, 3.8) is 0 Å². The van der Waals surface area contributed by atoms with Gasteiger partial charge >= 0.3 is 0 Å². The van der Waals surface area contributed by atoms with Crippen LogP contribution in [0.4, 0.5) is 5.00 Å². The molecule has 0 spiro atoms. The van der Waals surface area contributed by atoms with Crippen molar-refractivity contribution < 1.29 is 14.3 Å². The number of rotatable bonds is 4. The number of carbonyl (C=O) groups excluding carboxylic acids is 2. The Balaban J connectivity index is 1.79. The van der Waals surface area contributed by atoms with Crippen molar-refractivity contribution >= 4 is 39.8 Å². The van der Waals surface area contributed by atoms with Gasteiger partial charge in [-0.05, 0) is 50.1 Å². The van der Waals surface area contributed by atoms with Crippen LogP contribution < -0.4 is 10.1 Å². The van der Waals surface area contributed by atoms with Crippen LogP contribution in [0.2, 0.25) is 5.02 Å². The van der Waals surface area contributed by atoms with Crippen LogP contribution in [0.3, 0.4) is 0 Å². The lowest BCUT2D eigenvalue weighted by Crippen LogP contribution is -2.42. The summed E-state index contributed by atoms with van der Waals surface area (Å²) in [6, 6.07) is 8.96. The van der Waals surface area contributed by atoms with Gasteiger partial charge in [-0.2, -0.15) is 5.26 Å². The molecule has 2 amide bonds. The number of carbonyl (C=O) groups is 2. The van der Waals surface area contributed by atoms with Crippen LogP contribution in [-0.2, 0) is 22.6 Å². The molecule has 0 saturated carbocycles. The highest BCUT2D eigenvalue weighted by Gasteiger charge is 2.33. The largest absolute Gasteiger partial charge is 0.478 e. The summed E-state index contributed by atoms with van der Waals surface area (Å²) in [5, 5.41) is 13.5. The molecule has 8 heteroatoms. The lowest BCUT2D eigenvalue weighted by Gasteiger charge is -2.25. The van der Waals surface area contributed by atoms with Crippen molar-refractivity contribution in [1.29, 1.82) is 5.26 Å². The Bertz CT molecular complexity index is 960. The molecule has 6 nitrogen and oxygen atoms in total. The van der Waals surface area contributed by atoms with E-state index in [2.05, 4.69) is 11.4 Å². The van der Waals surface area contributed by atoms with Gasteiger partial charge in [0.2, 0.25) is 5.91 Å². The summed E-state index contributed by atoms with van der Waals surface area (Å²) in [6.07, 6.45) is 0.606. The molecule has 1 N–H and O–H groups in total. The van der Waals surface area contributed by atoms with Gasteiger partial charge < -0.3 is 15.0 Å². The topological polar surface area (TPSA) is 82.4 Å². The molecule has 2 aromatic rings. The average Bonchev–Trinajstić information content (AvgIpc) is 2.99. The van der Waals surface area contributed by atoms with Crippen molar-refractivity contribution in [3.8, 4) is 11.8 Å².